The molecule has 0 aliphatic carbocycles. The van der Waals surface area contributed by atoms with Crippen molar-refractivity contribution in [2.24, 2.45) is 5.73 Å². The van der Waals surface area contributed by atoms with Gasteiger partial charge in [-0.25, -0.2) is 0 Å². The molecule has 1 aromatic carbocycles. The van der Waals surface area contributed by atoms with Crippen LogP contribution in [0.4, 0.5) is 0 Å². The summed E-state index contributed by atoms with van der Waals surface area (Å²) >= 11 is 0. The normalized spacial score (nSPS) is 25.5. The maximum absolute atomic E-state index is 6.43. The van der Waals surface area contributed by atoms with E-state index in [4.69, 9.17) is 15.2 Å². The lowest BCUT2D eigenvalue weighted by molar-refractivity contribution is 0.0499. The van der Waals surface area contributed by atoms with E-state index in [9.17, 15) is 0 Å². The van der Waals surface area contributed by atoms with Crippen molar-refractivity contribution in [1.82, 2.24) is 0 Å². The highest BCUT2D eigenvalue weighted by atomic mass is 16.5. The molecule has 2 N–H and O–H groups in total. The van der Waals surface area contributed by atoms with Crippen LogP contribution in [-0.2, 0) is 5.54 Å². The summed E-state index contributed by atoms with van der Waals surface area (Å²) in [4.78, 5) is 0. The van der Waals surface area contributed by atoms with Crippen molar-refractivity contribution in [3.8, 4) is 11.5 Å². The topological polar surface area (TPSA) is 44.5 Å². The second-order valence-corrected chi connectivity index (χ2v) is 6.28. The zero-order valence-corrected chi connectivity index (χ0v) is 11.9. The Labute approximate surface area is 109 Å². The van der Waals surface area contributed by atoms with Gasteiger partial charge in [0.2, 0.25) is 0 Å². The Morgan fingerprint density at radius 1 is 1.28 bits per heavy atom. The molecular formula is C15H23NO2. The van der Waals surface area contributed by atoms with E-state index >= 15 is 0 Å². The summed E-state index contributed by atoms with van der Waals surface area (Å²) in [5.74, 6) is 1.72. The highest BCUT2D eigenvalue weighted by Gasteiger charge is 2.39. The Morgan fingerprint density at radius 2 is 1.94 bits per heavy atom. The van der Waals surface area contributed by atoms with Crippen molar-refractivity contribution in [1.29, 1.82) is 0 Å². The van der Waals surface area contributed by atoms with Crippen LogP contribution in [0.25, 0.3) is 0 Å². The largest absolute Gasteiger partial charge is 0.491 e. The first-order valence-corrected chi connectivity index (χ1v) is 6.49. The van der Waals surface area contributed by atoms with Gasteiger partial charge in [-0.15, -0.1) is 0 Å². The number of ether oxygens (including phenoxy) is 2. The van der Waals surface area contributed by atoms with E-state index in [2.05, 4.69) is 20.8 Å². The molecule has 0 fully saturated rings. The fraction of sp³-hybridized carbons (Fsp3) is 0.600. The average molecular weight is 249 g/mol. The highest BCUT2D eigenvalue weighted by molar-refractivity contribution is 5.46. The first-order valence-electron chi connectivity index (χ1n) is 6.49. The van der Waals surface area contributed by atoms with Crippen LogP contribution in [0.3, 0.4) is 0 Å². The van der Waals surface area contributed by atoms with Gasteiger partial charge in [-0.1, -0.05) is 0 Å². The van der Waals surface area contributed by atoms with Gasteiger partial charge >= 0.3 is 0 Å². The molecule has 18 heavy (non-hydrogen) atoms. The molecular weight excluding hydrogens is 226 g/mol. The molecule has 1 atom stereocenters. The van der Waals surface area contributed by atoms with E-state index in [-0.39, 0.29) is 17.2 Å². The number of hydrogen-bond donors (Lipinski definition) is 1. The van der Waals surface area contributed by atoms with Crippen LogP contribution in [0.15, 0.2) is 18.2 Å². The molecule has 0 aromatic heterocycles. The van der Waals surface area contributed by atoms with Crippen LogP contribution in [0.1, 0.15) is 46.6 Å². The average Bonchev–Trinajstić information content (AvgIpc) is 2.15. The Kier molecular flexibility index (Phi) is 3.06. The Bertz CT molecular complexity index is 450. The van der Waals surface area contributed by atoms with E-state index < -0.39 is 0 Å². The van der Waals surface area contributed by atoms with Crippen molar-refractivity contribution in [3.05, 3.63) is 23.8 Å². The lowest BCUT2D eigenvalue weighted by Crippen LogP contribution is -2.47. The van der Waals surface area contributed by atoms with Crippen molar-refractivity contribution < 1.29 is 9.47 Å². The van der Waals surface area contributed by atoms with E-state index in [1.54, 1.807) is 0 Å². The van der Waals surface area contributed by atoms with Crippen LogP contribution in [0.2, 0.25) is 0 Å². The van der Waals surface area contributed by atoms with Crippen molar-refractivity contribution >= 4 is 0 Å². The smallest absolute Gasteiger partial charge is 0.125 e. The molecule has 3 heteroatoms. The first-order chi connectivity index (χ1) is 8.20. The second kappa shape index (κ2) is 4.16. The quantitative estimate of drug-likeness (QED) is 0.875. The van der Waals surface area contributed by atoms with Gasteiger partial charge in [-0.3, -0.25) is 0 Å². The fourth-order valence-corrected chi connectivity index (χ4v) is 2.70. The van der Waals surface area contributed by atoms with Crippen molar-refractivity contribution in [2.75, 3.05) is 0 Å². The number of rotatable bonds is 2. The third-order valence-corrected chi connectivity index (χ3v) is 3.12. The van der Waals surface area contributed by atoms with Gasteiger partial charge in [0.25, 0.3) is 0 Å². The third kappa shape index (κ3) is 2.61. The molecule has 0 saturated carbocycles. The minimum Gasteiger partial charge on any atom is -0.491 e. The van der Waals surface area contributed by atoms with Crippen LogP contribution in [-0.4, -0.2) is 11.7 Å². The molecule has 1 aliphatic rings. The molecule has 0 bridgehead atoms. The standard InChI is InChI=1S/C15H23NO2/c1-10(2)17-11-6-7-13-12(8-11)15(5,16)9-14(3,4)18-13/h6-8,10H,9,16H2,1-5H3. The molecule has 1 unspecified atom stereocenters. The number of hydrogen-bond acceptors (Lipinski definition) is 3. The summed E-state index contributed by atoms with van der Waals surface area (Å²) in [7, 11) is 0. The molecule has 1 heterocycles. The Hall–Kier alpha value is -1.22. The summed E-state index contributed by atoms with van der Waals surface area (Å²) in [5.41, 5.74) is 6.85. The zero-order chi connectivity index (χ0) is 13.6. The fourth-order valence-electron chi connectivity index (χ4n) is 2.70. The Balaban J connectivity index is 2.40. The molecule has 1 aliphatic heterocycles. The molecule has 0 spiro atoms. The van der Waals surface area contributed by atoms with Gasteiger partial charge < -0.3 is 15.2 Å². The van der Waals surface area contributed by atoms with Gasteiger partial charge in [0.05, 0.1) is 6.10 Å². The maximum atomic E-state index is 6.43. The van der Waals surface area contributed by atoms with E-state index in [0.717, 1.165) is 23.5 Å². The number of benzene rings is 1. The molecule has 2 rings (SSSR count). The molecule has 0 amide bonds. The van der Waals surface area contributed by atoms with Gasteiger partial charge in [0.1, 0.15) is 17.1 Å². The summed E-state index contributed by atoms with van der Waals surface area (Å²) < 4.78 is 11.7. The molecule has 100 valence electrons. The van der Waals surface area contributed by atoms with Gasteiger partial charge in [-0.2, -0.15) is 0 Å². The number of fused-ring (bicyclic) bond motifs is 1. The van der Waals surface area contributed by atoms with E-state index in [1.807, 2.05) is 32.0 Å². The van der Waals surface area contributed by atoms with Gasteiger partial charge in [-0.05, 0) is 52.8 Å². The van der Waals surface area contributed by atoms with Gasteiger partial charge in [0, 0.05) is 17.5 Å². The van der Waals surface area contributed by atoms with Crippen LogP contribution < -0.4 is 15.2 Å². The highest BCUT2D eigenvalue weighted by Crippen LogP contribution is 2.43. The van der Waals surface area contributed by atoms with Crippen LogP contribution in [0.5, 0.6) is 11.5 Å². The zero-order valence-electron chi connectivity index (χ0n) is 11.9. The first kappa shape index (κ1) is 13.2. The molecule has 3 nitrogen and oxygen atoms in total. The van der Waals surface area contributed by atoms with E-state index in [1.165, 1.54) is 0 Å². The lowest BCUT2D eigenvalue weighted by Gasteiger charge is -2.42. The van der Waals surface area contributed by atoms with E-state index in [0.29, 0.717) is 0 Å². The summed E-state index contributed by atoms with van der Waals surface area (Å²) in [6, 6.07) is 5.90. The van der Waals surface area contributed by atoms with Crippen molar-refractivity contribution in [3.63, 3.8) is 0 Å². The summed E-state index contributed by atoms with van der Waals surface area (Å²) in [5, 5.41) is 0. The van der Waals surface area contributed by atoms with Gasteiger partial charge in [0.15, 0.2) is 0 Å². The minimum atomic E-state index is -0.382. The minimum absolute atomic E-state index is 0.160. The Morgan fingerprint density at radius 3 is 2.56 bits per heavy atom. The van der Waals surface area contributed by atoms with Crippen LogP contribution in [0, 0.1) is 0 Å². The molecule has 0 radical (unpaired) electrons. The maximum Gasteiger partial charge on any atom is 0.125 e. The SMILES string of the molecule is CC(C)Oc1ccc2c(c1)C(C)(N)CC(C)(C)O2. The van der Waals surface area contributed by atoms with Crippen molar-refractivity contribution in [2.45, 2.75) is 58.3 Å². The van der Waals surface area contributed by atoms with Crippen LogP contribution >= 0.6 is 0 Å². The lowest BCUT2D eigenvalue weighted by atomic mass is 9.80. The monoisotopic (exact) mass is 249 g/mol. The summed E-state index contributed by atoms with van der Waals surface area (Å²) in [6.07, 6.45) is 0.950. The molecule has 0 saturated heterocycles. The second-order valence-electron chi connectivity index (χ2n) is 6.28. The number of nitrogens with two attached hydrogens (primary N) is 1. The summed E-state index contributed by atoms with van der Waals surface area (Å²) in [6.45, 7) is 10.2. The third-order valence-electron chi connectivity index (χ3n) is 3.12. The predicted molar refractivity (Wildman–Crippen MR) is 73.1 cm³/mol. The predicted octanol–water partition coefficient (Wildman–Crippen LogP) is 3.21. The molecule has 1 aromatic rings.